The van der Waals surface area contributed by atoms with Crippen molar-refractivity contribution in [1.82, 2.24) is 0 Å². The molecule has 0 aliphatic rings. The minimum absolute atomic E-state index is 0.123. The highest BCUT2D eigenvalue weighted by atomic mass is 16.6. The molecule has 3 nitrogen and oxygen atoms in total. The summed E-state index contributed by atoms with van der Waals surface area (Å²) in [7, 11) is 0. The maximum absolute atomic E-state index is 10.3. The maximum Gasteiger partial charge on any atom is 0.269 e. The van der Waals surface area contributed by atoms with Gasteiger partial charge in [-0.05, 0) is 24.1 Å². The Kier molecular flexibility index (Phi) is 2.24. The molecule has 0 amide bonds. The van der Waals surface area contributed by atoms with E-state index in [9.17, 15) is 10.1 Å². The molecular formula is C9H9NO2. The van der Waals surface area contributed by atoms with Crippen LogP contribution >= 0.6 is 0 Å². The van der Waals surface area contributed by atoms with Gasteiger partial charge in [0.2, 0.25) is 0 Å². The molecule has 0 atom stereocenters. The molecule has 0 saturated carbocycles. The van der Waals surface area contributed by atoms with Gasteiger partial charge in [0, 0.05) is 12.1 Å². The molecule has 0 heterocycles. The third kappa shape index (κ3) is 1.50. The number of rotatable bonds is 2. The van der Waals surface area contributed by atoms with E-state index < -0.39 is 4.92 Å². The Morgan fingerprint density at radius 1 is 1.58 bits per heavy atom. The second kappa shape index (κ2) is 3.17. The van der Waals surface area contributed by atoms with E-state index >= 15 is 0 Å². The fraction of sp³-hybridized carbons (Fsp3) is 0.111. The zero-order valence-electron chi connectivity index (χ0n) is 6.78. The topological polar surface area (TPSA) is 43.1 Å². The first-order valence-corrected chi connectivity index (χ1v) is 3.52. The van der Waals surface area contributed by atoms with Crippen molar-refractivity contribution in [2.45, 2.75) is 6.92 Å². The maximum atomic E-state index is 10.3. The van der Waals surface area contributed by atoms with Crippen molar-refractivity contribution in [3.8, 4) is 0 Å². The standard InChI is InChI=1S/C9H9NO2/c1-3-8-4-5-9(10(11)12)6-7(8)2/h3-6H,1H2,2H3. The predicted octanol–water partition coefficient (Wildman–Crippen LogP) is 2.55. The molecule has 0 spiro atoms. The molecule has 62 valence electrons. The van der Waals surface area contributed by atoms with E-state index in [1.165, 1.54) is 12.1 Å². The normalized spacial score (nSPS) is 9.42. The molecule has 0 fully saturated rings. The second-order valence-electron chi connectivity index (χ2n) is 2.50. The van der Waals surface area contributed by atoms with Crippen LogP contribution in [0, 0.1) is 17.0 Å². The van der Waals surface area contributed by atoms with Crippen LogP contribution in [0.1, 0.15) is 11.1 Å². The van der Waals surface area contributed by atoms with Crippen molar-refractivity contribution >= 4 is 11.8 Å². The van der Waals surface area contributed by atoms with E-state index in [4.69, 9.17) is 0 Å². The molecule has 0 saturated heterocycles. The van der Waals surface area contributed by atoms with E-state index in [1.807, 2.05) is 6.92 Å². The van der Waals surface area contributed by atoms with E-state index in [-0.39, 0.29) is 5.69 Å². The van der Waals surface area contributed by atoms with Gasteiger partial charge in [0.05, 0.1) is 4.92 Å². The molecule has 0 aliphatic carbocycles. The Bertz CT molecular complexity index is 331. The first-order valence-electron chi connectivity index (χ1n) is 3.52. The van der Waals surface area contributed by atoms with Gasteiger partial charge >= 0.3 is 0 Å². The number of nitro groups is 1. The third-order valence-electron chi connectivity index (χ3n) is 1.68. The van der Waals surface area contributed by atoms with Crippen LogP contribution in [0.4, 0.5) is 5.69 Å². The number of nitrogens with zero attached hydrogens (tertiary/aromatic N) is 1. The largest absolute Gasteiger partial charge is 0.269 e. The summed E-state index contributed by atoms with van der Waals surface area (Å²) in [5.74, 6) is 0. The SMILES string of the molecule is C=Cc1ccc([N+](=O)[O-])cc1C. The average molecular weight is 163 g/mol. The van der Waals surface area contributed by atoms with Crippen LogP contribution in [0.2, 0.25) is 0 Å². The van der Waals surface area contributed by atoms with Gasteiger partial charge in [-0.25, -0.2) is 0 Å². The Morgan fingerprint density at radius 2 is 2.25 bits per heavy atom. The monoisotopic (exact) mass is 163 g/mol. The first-order chi connectivity index (χ1) is 5.65. The van der Waals surface area contributed by atoms with Crippen LogP contribution < -0.4 is 0 Å². The fourth-order valence-electron chi connectivity index (χ4n) is 1.00. The first kappa shape index (κ1) is 8.46. The Labute approximate surface area is 70.5 Å². The molecule has 0 radical (unpaired) electrons. The lowest BCUT2D eigenvalue weighted by Crippen LogP contribution is -1.89. The third-order valence-corrected chi connectivity index (χ3v) is 1.68. The van der Waals surface area contributed by atoms with Crippen molar-refractivity contribution in [2.24, 2.45) is 0 Å². The molecule has 1 aromatic rings. The molecule has 0 N–H and O–H groups in total. The summed E-state index contributed by atoms with van der Waals surface area (Å²) in [6, 6.07) is 4.71. The zero-order chi connectivity index (χ0) is 9.14. The van der Waals surface area contributed by atoms with E-state index in [0.29, 0.717) is 0 Å². The van der Waals surface area contributed by atoms with Crippen LogP contribution in [0.15, 0.2) is 24.8 Å². The second-order valence-corrected chi connectivity index (χ2v) is 2.50. The van der Waals surface area contributed by atoms with Crippen LogP contribution in [0.25, 0.3) is 6.08 Å². The zero-order valence-corrected chi connectivity index (χ0v) is 6.78. The summed E-state index contributed by atoms with van der Waals surface area (Å²) in [5.41, 5.74) is 1.93. The minimum atomic E-state index is -0.403. The van der Waals surface area contributed by atoms with Crippen LogP contribution in [0.3, 0.4) is 0 Å². The summed E-state index contributed by atoms with van der Waals surface area (Å²) in [6.07, 6.45) is 1.68. The van der Waals surface area contributed by atoms with Crippen molar-refractivity contribution < 1.29 is 4.92 Å². The van der Waals surface area contributed by atoms with Gasteiger partial charge in [0.25, 0.3) is 5.69 Å². The minimum Gasteiger partial charge on any atom is -0.258 e. The molecule has 1 aromatic carbocycles. The van der Waals surface area contributed by atoms with Gasteiger partial charge in [-0.2, -0.15) is 0 Å². The van der Waals surface area contributed by atoms with Crippen LogP contribution in [-0.4, -0.2) is 4.92 Å². The summed E-state index contributed by atoms with van der Waals surface area (Å²) < 4.78 is 0. The average Bonchev–Trinajstić information content (AvgIpc) is 2.04. The summed E-state index contributed by atoms with van der Waals surface area (Å²) >= 11 is 0. The highest BCUT2D eigenvalue weighted by Gasteiger charge is 2.05. The highest BCUT2D eigenvalue weighted by Crippen LogP contribution is 2.17. The smallest absolute Gasteiger partial charge is 0.258 e. The number of benzene rings is 1. The van der Waals surface area contributed by atoms with Gasteiger partial charge in [-0.3, -0.25) is 10.1 Å². The fourth-order valence-corrected chi connectivity index (χ4v) is 1.00. The molecule has 0 unspecified atom stereocenters. The number of non-ortho nitro benzene ring substituents is 1. The Balaban J connectivity index is 3.18. The van der Waals surface area contributed by atoms with Crippen LogP contribution in [-0.2, 0) is 0 Å². The molecule has 0 aromatic heterocycles. The number of hydrogen-bond acceptors (Lipinski definition) is 2. The summed E-state index contributed by atoms with van der Waals surface area (Å²) in [5, 5.41) is 10.3. The number of aryl methyl sites for hydroxylation is 1. The molecule has 12 heavy (non-hydrogen) atoms. The lowest BCUT2D eigenvalue weighted by Gasteiger charge is -1.98. The van der Waals surface area contributed by atoms with Gasteiger partial charge in [0.1, 0.15) is 0 Å². The molecule has 0 aliphatic heterocycles. The highest BCUT2D eigenvalue weighted by molar-refractivity contribution is 5.54. The van der Waals surface area contributed by atoms with E-state index in [0.717, 1.165) is 11.1 Å². The Hall–Kier alpha value is -1.64. The molecule has 0 bridgehead atoms. The van der Waals surface area contributed by atoms with Gasteiger partial charge in [-0.15, -0.1) is 0 Å². The molecule has 3 heteroatoms. The lowest BCUT2D eigenvalue weighted by molar-refractivity contribution is -0.384. The Morgan fingerprint density at radius 3 is 2.67 bits per heavy atom. The number of hydrogen-bond donors (Lipinski definition) is 0. The van der Waals surface area contributed by atoms with Gasteiger partial charge in [0.15, 0.2) is 0 Å². The van der Waals surface area contributed by atoms with Crippen molar-refractivity contribution in [3.63, 3.8) is 0 Å². The quantitative estimate of drug-likeness (QED) is 0.496. The van der Waals surface area contributed by atoms with Crippen molar-refractivity contribution in [2.75, 3.05) is 0 Å². The summed E-state index contributed by atoms with van der Waals surface area (Å²) in [4.78, 5) is 9.93. The van der Waals surface area contributed by atoms with Gasteiger partial charge in [-0.1, -0.05) is 12.7 Å². The molecule has 1 rings (SSSR count). The lowest BCUT2D eigenvalue weighted by atomic mass is 10.1. The summed E-state index contributed by atoms with van der Waals surface area (Å²) in [6.45, 7) is 5.42. The molecular weight excluding hydrogens is 154 g/mol. The van der Waals surface area contributed by atoms with Gasteiger partial charge < -0.3 is 0 Å². The van der Waals surface area contributed by atoms with E-state index in [1.54, 1.807) is 12.1 Å². The predicted molar refractivity (Wildman–Crippen MR) is 47.9 cm³/mol. The van der Waals surface area contributed by atoms with Crippen LogP contribution in [0.5, 0.6) is 0 Å². The number of nitro benzene ring substituents is 1. The van der Waals surface area contributed by atoms with E-state index in [2.05, 4.69) is 6.58 Å². The van der Waals surface area contributed by atoms with Crippen molar-refractivity contribution in [3.05, 3.63) is 46.0 Å². The van der Waals surface area contributed by atoms with Crippen molar-refractivity contribution in [1.29, 1.82) is 0 Å².